The maximum absolute atomic E-state index is 10.4. The molecule has 4 heteroatoms. The summed E-state index contributed by atoms with van der Waals surface area (Å²) < 4.78 is 5.27. The summed E-state index contributed by atoms with van der Waals surface area (Å²) in [6, 6.07) is 0. The Bertz CT molecular complexity index is 258. The third kappa shape index (κ3) is 3.05. The van der Waals surface area contributed by atoms with Crippen LogP contribution in [0, 0.1) is 11.8 Å². The summed E-state index contributed by atoms with van der Waals surface area (Å²) in [5, 5.41) is 30.6. The number of hydrogen-bond donors (Lipinski definition) is 3. The summed E-state index contributed by atoms with van der Waals surface area (Å²) in [6.07, 6.45) is 4.67. The van der Waals surface area contributed by atoms with Crippen LogP contribution >= 0.6 is 0 Å². The van der Waals surface area contributed by atoms with Crippen molar-refractivity contribution < 1.29 is 20.1 Å². The average Bonchev–Trinajstić information content (AvgIpc) is 2.38. The van der Waals surface area contributed by atoms with Gasteiger partial charge >= 0.3 is 0 Å². The van der Waals surface area contributed by atoms with E-state index in [1.807, 2.05) is 0 Å². The van der Waals surface area contributed by atoms with E-state index in [0.717, 1.165) is 38.5 Å². The zero-order valence-electron chi connectivity index (χ0n) is 11.2. The standard InChI is InChI=1S/C14H26O4/c1-18-9-6-7-11(13(16)8-9)14(17)10-4-2-3-5-12(10)15/h9-17H,2-8H2,1H3. The predicted octanol–water partition coefficient (Wildman–Crippen LogP) is 1.07. The van der Waals surface area contributed by atoms with Gasteiger partial charge in [0.15, 0.2) is 0 Å². The van der Waals surface area contributed by atoms with Gasteiger partial charge in [0.25, 0.3) is 0 Å². The Balaban J connectivity index is 1.93. The number of ether oxygens (including phenoxy) is 1. The highest BCUT2D eigenvalue weighted by Crippen LogP contribution is 2.36. The van der Waals surface area contributed by atoms with Crippen LogP contribution in [0.3, 0.4) is 0 Å². The van der Waals surface area contributed by atoms with Crippen LogP contribution in [-0.2, 0) is 4.74 Å². The van der Waals surface area contributed by atoms with Crippen molar-refractivity contribution in [2.75, 3.05) is 7.11 Å². The summed E-state index contributed by atoms with van der Waals surface area (Å²) in [5.41, 5.74) is 0. The van der Waals surface area contributed by atoms with Crippen LogP contribution in [-0.4, -0.2) is 46.8 Å². The Kier molecular flexibility index (Phi) is 5.01. The van der Waals surface area contributed by atoms with Gasteiger partial charge in [-0.25, -0.2) is 0 Å². The van der Waals surface area contributed by atoms with Gasteiger partial charge in [0.1, 0.15) is 0 Å². The molecule has 0 radical (unpaired) electrons. The van der Waals surface area contributed by atoms with Gasteiger partial charge < -0.3 is 20.1 Å². The first kappa shape index (κ1) is 14.3. The molecule has 2 rings (SSSR count). The number of hydrogen-bond acceptors (Lipinski definition) is 4. The molecular weight excluding hydrogens is 232 g/mol. The molecule has 0 aliphatic heterocycles. The van der Waals surface area contributed by atoms with E-state index in [1.54, 1.807) is 7.11 Å². The van der Waals surface area contributed by atoms with Crippen molar-refractivity contribution in [1.82, 2.24) is 0 Å². The Morgan fingerprint density at radius 2 is 1.61 bits per heavy atom. The minimum absolute atomic E-state index is 0.0579. The van der Waals surface area contributed by atoms with Gasteiger partial charge in [-0.15, -0.1) is 0 Å². The first-order valence-corrected chi connectivity index (χ1v) is 7.20. The molecule has 2 saturated carbocycles. The van der Waals surface area contributed by atoms with Gasteiger partial charge in [-0.3, -0.25) is 0 Å². The second kappa shape index (κ2) is 6.33. The smallest absolute Gasteiger partial charge is 0.0645 e. The molecule has 0 saturated heterocycles. The molecule has 0 aromatic rings. The van der Waals surface area contributed by atoms with Crippen LogP contribution in [0.1, 0.15) is 44.9 Å². The highest BCUT2D eigenvalue weighted by molar-refractivity contribution is 4.90. The third-order valence-electron chi connectivity index (χ3n) is 4.81. The topological polar surface area (TPSA) is 69.9 Å². The summed E-state index contributed by atoms with van der Waals surface area (Å²) in [6.45, 7) is 0. The molecule has 2 aliphatic rings. The van der Waals surface area contributed by atoms with Gasteiger partial charge in [0.2, 0.25) is 0 Å². The van der Waals surface area contributed by atoms with E-state index in [0.29, 0.717) is 6.42 Å². The molecule has 2 fully saturated rings. The van der Waals surface area contributed by atoms with Crippen molar-refractivity contribution in [2.24, 2.45) is 11.8 Å². The molecule has 0 bridgehead atoms. The van der Waals surface area contributed by atoms with E-state index < -0.39 is 18.3 Å². The Morgan fingerprint density at radius 1 is 0.944 bits per heavy atom. The van der Waals surface area contributed by atoms with Crippen molar-refractivity contribution >= 4 is 0 Å². The maximum Gasteiger partial charge on any atom is 0.0645 e. The first-order chi connectivity index (χ1) is 8.63. The normalized spacial score (nSPS) is 43.7. The lowest BCUT2D eigenvalue weighted by Gasteiger charge is -2.40. The molecule has 0 heterocycles. The van der Waals surface area contributed by atoms with Crippen molar-refractivity contribution in [3.05, 3.63) is 0 Å². The van der Waals surface area contributed by atoms with E-state index >= 15 is 0 Å². The highest BCUT2D eigenvalue weighted by Gasteiger charge is 2.40. The Morgan fingerprint density at radius 3 is 2.22 bits per heavy atom. The fourth-order valence-corrected chi connectivity index (χ4v) is 3.60. The molecule has 6 atom stereocenters. The molecule has 0 aromatic heterocycles. The number of rotatable bonds is 3. The summed E-state index contributed by atoms with van der Waals surface area (Å²) in [4.78, 5) is 0. The van der Waals surface area contributed by atoms with Gasteiger partial charge in [-0.1, -0.05) is 12.8 Å². The summed E-state index contributed by atoms with van der Waals surface area (Å²) in [7, 11) is 1.67. The van der Waals surface area contributed by atoms with E-state index in [2.05, 4.69) is 0 Å². The zero-order chi connectivity index (χ0) is 13.1. The van der Waals surface area contributed by atoms with Crippen LogP contribution in [0.2, 0.25) is 0 Å². The van der Waals surface area contributed by atoms with Crippen LogP contribution in [0.4, 0.5) is 0 Å². The first-order valence-electron chi connectivity index (χ1n) is 7.20. The molecule has 0 amide bonds. The highest BCUT2D eigenvalue weighted by atomic mass is 16.5. The van der Waals surface area contributed by atoms with Crippen LogP contribution < -0.4 is 0 Å². The van der Waals surface area contributed by atoms with Crippen LogP contribution in [0.5, 0.6) is 0 Å². The summed E-state index contributed by atoms with van der Waals surface area (Å²) >= 11 is 0. The minimum Gasteiger partial charge on any atom is -0.393 e. The Labute approximate surface area is 109 Å². The van der Waals surface area contributed by atoms with Crippen molar-refractivity contribution in [1.29, 1.82) is 0 Å². The molecule has 0 spiro atoms. The lowest BCUT2D eigenvalue weighted by Crippen LogP contribution is -2.46. The van der Waals surface area contributed by atoms with Crippen molar-refractivity contribution in [3.8, 4) is 0 Å². The van der Waals surface area contributed by atoms with E-state index in [4.69, 9.17) is 4.74 Å². The van der Waals surface area contributed by atoms with Gasteiger partial charge in [-0.2, -0.15) is 0 Å². The molecule has 4 nitrogen and oxygen atoms in total. The van der Waals surface area contributed by atoms with Crippen molar-refractivity contribution in [2.45, 2.75) is 69.4 Å². The molecule has 106 valence electrons. The van der Waals surface area contributed by atoms with Gasteiger partial charge in [0, 0.05) is 18.9 Å². The van der Waals surface area contributed by atoms with E-state index in [-0.39, 0.29) is 17.9 Å². The molecule has 6 unspecified atom stereocenters. The second-order valence-corrected chi connectivity index (χ2v) is 5.91. The van der Waals surface area contributed by atoms with E-state index in [9.17, 15) is 15.3 Å². The van der Waals surface area contributed by atoms with Gasteiger partial charge in [0.05, 0.1) is 24.4 Å². The SMILES string of the molecule is COC1CCC(C(O)C2CCCCC2O)C(O)C1. The molecule has 0 aromatic carbocycles. The second-order valence-electron chi connectivity index (χ2n) is 5.91. The van der Waals surface area contributed by atoms with Crippen LogP contribution in [0.25, 0.3) is 0 Å². The quantitative estimate of drug-likeness (QED) is 0.708. The number of aliphatic hydroxyl groups excluding tert-OH is 3. The summed E-state index contributed by atoms with van der Waals surface area (Å²) in [5.74, 6) is -0.161. The predicted molar refractivity (Wildman–Crippen MR) is 68.1 cm³/mol. The molecule has 3 N–H and O–H groups in total. The van der Waals surface area contributed by atoms with E-state index in [1.165, 1.54) is 0 Å². The monoisotopic (exact) mass is 258 g/mol. The molecule has 2 aliphatic carbocycles. The van der Waals surface area contributed by atoms with Crippen molar-refractivity contribution in [3.63, 3.8) is 0 Å². The van der Waals surface area contributed by atoms with Crippen LogP contribution in [0.15, 0.2) is 0 Å². The number of methoxy groups -OCH3 is 1. The number of aliphatic hydroxyl groups is 3. The Hall–Kier alpha value is -0.160. The third-order valence-corrected chi connectivity index (χ3v) is 4.81. The largest absolute Gasteiger partial charge is 0.393 e. The lowest BCUT2D eigenvalue weighted by molar-refractivity contribution is -0.101. The fraction of sp³-hybridized carbons (Fsp3) is 1.00. The lowest BCUT2D eigenvalue weighted by atomic mass is 9.72. The van der Waals surface area contributed by atoms with Gasteiger partial charge in [-0.05, 0) is 32.1 Å². The average molecular weight is 258 g/mol. The molecule has 18 heavy (non-hydrogen) atoms. The molecular formula is C14H26O4. The maximum atomic E-state index is 10.4. The fourth-order valence-electron chi connectivity index (χ4n) is 3.60. The zero-order valence-corrected chi connectivity index (χ0v) is 11.2. The minimum atomic E-state index is -0.576.